The Morgan fingerprint density at radius 1 is 1.35 bits per heavy atom. The first-order valence-corrected chi connectivity index (χ1v) is 5.49. The van der Waals surface area contributed by atoms with E-state index in [9.17, 15) is 0 Å². The van der Waals surface area contributed by atoms with E-state index < -0.39 is 0 Å². The summed E-state index contributed by atoms with van der Waals surface area (Å²) in [5.41, 5.74) is 9.61. The highest BCUT2D eigenvalue weighted by Crippen LogP contribution is 2.14. The highest BCUT2D eigenvalue weighted by atomic mass is 14.7. The van der Waals surface area contributed by atoms with Crippen molar-refractivity contribution in [2.45, 2.75) is 13.3 Å². The molecular weight excluding hydrogens is 208 g/mol. The largest absolute Gasteiger partial charge is 0.405 e. The van der Waals surface area contributed by atoms with Crippen LogP contribution < -0.4 is 5.73 Å². The summed E-state index contributed by atoms with van der Waals surface area (Å²) in [6.45, 7) is 9.61. The van der Waals surface area contributed by atoms with Crippen LogP contribution in [0.5, 0.6) is 0 Å². The summed E-state index contributed by atoms with van der Waals surface area (Å²) in [5.74, 6) is 0. The van der Waals surface area contributed by atoms with Gasteiger partial charge in [-0.05, 0) is 42.0 Å². The van der Waals surface area contributed by atoms with Crippen molar-refractivity contribution in [3.8, 4) is 0 Å². The Morgan fingerprint density at radius 2 is 2.12 bits per heavy atom. The monoisotopic (exact) mass is 226 g/mol. The van der Waals surface area contributed by atoms with Crippen LogP contribution in [0, 0.1) is 6.92 Å². The van der Waals surface area contributed by atoms with E-state index in [0.29, 0.717) is 0 Å². The van der Waals surface area contributed by atoms with Crippen molar-refractivity contribution < 1.29 is 0 Å². The van der Waals surface area contributed by atoms with Crippen molar-refractivity contribution in [1.29, 1.82) is 0 Å². The molecule has 0 fully saturated rings. The molecule has 2 heteroatoms. The van der Waals surface area contributed by atoms with Crippen LogP contribution in [0.2, 0.25) is 0 Å². The lowest BCUT2D eigenvalue weighted by molar-refractivity contribution is 1.06. The molecule has 1 aromatic heterocycles. The van der Waals surface area contributed by atoms with Crippen molar-refractivity contribution >= 4 is 0 Å². The standard InChI is InChI=1S/C15H18N2/c1-4-13(8-9-16)14(5-2)10-15-7-6-12(3)11-17-15/h4-9,11H,1-2,10,16H2,3H3/b9-8-,14-13-. The zero-order valence-electron chi connectivity index (χ0n) is 10.2. The second kappa shape index (κ2) is 6.48. The third-order valence-electron chi connectivity index (χ3n) is 2.46. The van der Waals surface area contributed by atoms with Crippen molar-refractivity contribution in [2.75, 3.05) is 0 Å². The van der Waals surface area contributed by atoms with Crippen LogP contribution >= 0.6 is 0 Å². The molecule has 0 amide bonds. The van der Waals surface area contributed by atoms with E-state index >= 15 is 0 Å². The number of rotatable bonds is 5. The summed E-state index contributed by atoms with van der Waals surface area (Å²) < 4.78 is 0. The Balaban J connectivity index is 3.00. The number of aryl methyl sites for hydroxylation is 1. The number of hydrogen-bond acceptors (Lipinski definition) is 2. The molecule has 0 aromatic carbocycles. The minimum atomic E-state index is 0.732. The molecule has 2 nitrogen and oxygen atoms in total. The molecule has 0 saturated heterocycles. The molecule has 0 atom stereocenters. The predicted molar refractivity (Wildman–Crippen MR) is 73.4 cm³/mol. The Labute approximate surface area is 103 Å². The van der Waals surface area contributed by atoms with Crippen LogP contribution in [0.4, 0.5) is 0 Å². The van der Waals surface area contributed by atoms with Gasteiger partial charge in [0.1, 0.15) is 0 Å². The third-order valence-corrected chi connectivity index (χ3v) is 2.46. The van der Waals surface area contributed by atoms with E-state index in [4.69, 9.17) is 5.73 Å². The summed E-state index contributed by atoms with van der Waals surface area (Å²) in [5, 5.41) is 0. The lowest BCUT2D eigenvalue weighted by Crippen LogP contribution is -1.95. The van der Waals surface area contributed by atoms with Crippen LogP contribution in [-0.4, -0.2) is 4.98 Å². The first-order valence-electron chi connectivity index (χ1n) is 5.49. The molecule has 0 aliphatic heterocycles. The number of hydrogen-bond donors (Lipinski definition) is 1. The van der Waals surface area contributed by atoms with Gasteiger partial charge in [0.25, 0.3) is 0 Å². The SMILES string of the molecule is C=CC(/C=C\N)=C(\C=C)Cc1ccc(C)cn1. The predicted octanol–water partition coefficient (Wildman–Crippen LogP) is 3.07. The molecule has 88 valence electrons. The number of allylic oxidation sites excluding steroid dienone is 5. The Bertz CT molecular complexity index is 450. The van der Waals surface area contributed by atoms with E-state index in [0.717, 1.165) is 28.8 Å². The summed E-state index contributed by atoms with van der Waals surface area (Å²) in [6.07, 6.45) is 9.51. The topological polar surface area (TPSA) is 38.9 Å². The van der Waals surface area contributed by atoms with Gasteiger partial charge in [0, 0.05) is 18.3 Å². The van der Waals surface area contributed by atoms with Crippen LogP contribution in [-0.2, 0) is 6.42 Å². The molecule has 17 heavy (non-hydrogen) atoms. The lowest BCUT2D eigenvalue weighted by atomic mass is 10.0. The fourth-order valence-corrected chi connectivity index (χ4v) is 1.50. The van der Waals surface area contributed by atoms with E-state index in [1.165, 1.54) is 6.20 Å². The fourth-order valence-electron chi connectivity index (χ4n) is 1.50. The molecule has 2 N–H and O–H groups in total. The van der Waals surface area contributed by atoms with E-state index in [1.54, 1.807) is 6.08 Å². The first kappa shape index (κ1) is 13.0. The minimum absolute atomic E-state index is 0.732. The molecule has 0 saturated carbocycles. The maximum atomic E-state index is 5.40. The van der Waals surface area contributed by atoms with Gasteiger partial charge in [0.15, 0.2) is 0 Å². The van der Waals surface area contributed by atoms with E-state index in [2.05, 4.69) is 24.2 Å². The van der Waals surface area contributed by atoms with Crippen molar-refractivity contribution in [3.63, 3.8) is 0 Å². The average Bonchev–Trinajstić information content (AvgIpc) is 2.36. The van der Waals surface area contributed by atoms with Gasteiger partial charge in [-0.15, -0.1) is 0 Å². The Morgan fingerprint density at radius 3 is 2.59 bits per heavy atom. The zero-order valence-corrected chi connectivity index (χ0v) is 10.2. The normalized spacial score (nSPS) is 12.3. The highest BCUT2D eigenvalue weighted by Gasteiger charge is 2.01. The molecule has 0 spiro atoms. The van der Waals surface area contributed by atoms with Crippen LogP contribution in [0.1, 0.15) is 11.3 Å². The molecule has 1 aromatic rings. The zero-order chi connectivity index (χ0) is 12.7. The molecule has 1 heterocycles. The van der Waals surface area contributed by atoms with Crippen LogP contribution in [0.15, 0.2) is 67.1 Å². The van der Waals surface area contributed by atoms with Gasteiger partial charge in [-0.25, -0.2) is 0 Å². The van der Waals surface area contributed by atoms with Gasteiger partial charge in [0.2, 0.25) is 0 Å². The molecule has 0 aliphatic rings. The smallest absolute Gasteiger partial charge is 0.0447 e. The van der Waals surface area contributed by atoms with Crippen LogP contribution in [0.25, 0.3) is 0 Å². The van der Waals surface area contributed by atoms with E-state index in [-0.39, 0.29) is 0 Å². The second-order valence-corrected chi connectivity index (χ2v) is 3.75. The van der Waals surface area contributed by atoms with Gasteiger partial charge >= 0.3 is 0 Å². The number of nitrogens with two attached hydrogens (primary N) is 1. The van der Waals surface area contributed by atoms with Gasteiger partial charge in [-0.3, -0.25) is 4.98 Å². The van der Waals surface area contributed by atoms with Gasteiger partial charge in [-0.1, -0.05) is 31.4 Å². The average molecular weight is 226 g/mol. The van der Waals surface area contributed by atoms with E-state index in [1.807, 2.05) is 31.3 Å². The summed E-state index contributed by atoms with van der Waals surface area (Å²) in [6, 6.07) is 4.07. The number of aromatic nitrogens is 1. The lowest BCUT2D eigenvalue weighted by Gasteiger charge is -2.05. The first-order chi connectivity index (χ1) is 8.21. The molecule has 0 aliphatic carbocycles. The fraction of sp³-hybridized carbons (Fsp3) is 0.133. The van der Waals surface area contributed by atoms with Gasteiger partial charge in [0.05, 0.1) is 0 Å². The van der Waals surface area contributed by atoms with Crippen molar-refractivity contribution in [2.24, 2.45) is 5.73 Å². The van der Waals surface area contributed by atoms with Crippen molar-refractivity contribution in [1.82, 2.24) is 4.98 Å². The summed E-state index contributed by atoms with van der Waals surface area (Å²) in [4.78, 5) is 4.37. The van der Waals surface area contributed by atoms with Crippen molar-refractivity contribution in [3.05, 3.63) is 78.3 Å². The Kier molecular flexibility index (Phi) is 4.95. The summed E-state index contributed by atoms with van der Waals surface area (Å²) >= 11 is 0. The van der Waals surface area contributed by atoms with Gasteiger partial charge in [-0.2, -0.15) is 0 Å². The molecule has 0 radical (unpaired) electrons. The highest BCUT2D eigenvalue weighted by molar-refractivity contribution is 5.41. The second-order valence-electron chi connectivity index (χ2n) is 3.75. The summed E-state index contributed by atoms with van der Waals surface area (Å²) in [7, 11) is 0. The maximum Gasteiger partial charge on any atom is 0.0447 e. The Hall–Kier alpha value is -2.09. The molecule has 1 rings (SSSR count). The molecular formula is C15H18N2. The van der Waals surface area contributed by atoms with Crippen LogP contribution in [0.3, 0.4) is 0 Å². The number of nitrogens with zero attached hydrogens (tertiary/aromatic N) is 1. The third kappa shape index (κ3) is 3.76. The maximum absolute atomic E-state index is 5.40. The number of pyridine rings is 1. The molecule has 0 bridgehead atoms. The molecule has 0 unspecified atom stereocenters. The van der Waals surface area contributed by atoms with Gasteiger partial charge < -0.3 is 5.73 Å². The minimum Gasteiger partial charge on any atom is -0.405 e. The quantitative estimate of drug-likeness (QED) is 0.784.